The Balaban J connectivity index is 1.74. The van der Waals surface area contributed by atoms with Gasteiger partial charge in [0.05, 0.1) is 6.54 Å². The van der Waals surface area contributed by atoms with E-state index in [1.165, 1.54) is 38.5 Å². The van der Waals surface area contributed by atoms with E-state index in [9.17, 15) is 4.79 Å². The van der Waals surface area contributed by atoms with Crippen LogP contribution < -0.4 is 5.32 Å². The summed E-state index contributed by atoms with van der Waals surface area (Å²) in [7, 11) is 6.25. The van der Waals surface area contributed by atoms with E-state index in [1.54, 1.807) is 0 Å². The minimum atomic E-state index is 0.240. The number of likely N-dealkylation sites (N-methyl/N-ethyl adjacent to an activating group) is 2. The first kappa shape index (κ1) is 13.8. The van der Waals surface area contributed by atoms with Crippen LogP contribution in [-0.2, 0) is 4.79 Å². The molecule has 0 aromatic carbocycles. The highest BCUT2D eigenvalue weighted by molar-refractivity contribution is 5.78. The molecule has 0 aromatic rings. The number of carbonyl (C=O) groups is 1. The molecule has 0 atom stereocenters. The zero-order chi connectivity index (χ0) is 13.2. The molecule has 4 nitrogen and oxygen atoms in total. The van der Waals surface area contributed by atoms with Crippen LogP contribution in [0, 0.1) is 0 Å². The molecule has 0 spiro atoms. The third-order valence-electron chi connectivity index (χ3n) is 4.70. The lowest BCUT2D eigenvalue weighted by atomic mass is 9.96. The minimum absolute atomic E-state index is 0.240. The number of hydrogen-bond donors (Lipinski definition) is 1. The molecular weight excluding hydrogens is 226 g/mol. The Morgan fingerprint density at radius 1 is 1.22 bits per heavy atom. The summed E-state index contributed by atoms with van der Waals surface area (Å²) < 4.78 is 0. The molecule has 0 aliphatic heterocycles. The summed E-state index contributed by atoms with van der Waals surface area (Å²) >= 11 is 0. The van der Waals surface area contributed by atoms with E-state index in [0.29, 0.717) is 12.6 Å². The van der Waals surface area contributed by atoms with Crippen LogP contribution in [0.15, 0.2) is 0 Å². The quantitative estimate of drug-likeness (QED) is 0.769. The zero-order valence-corrected chi connectivity index (χ0v) is 12.0. The predicted octanol–water partition coefficient (Wildman–Crippen LogP) is 1.07. The van der Waals surface area contributed by atoms with Gasteiger partial charge in [0.15, 0.2) is 0 Å². The van der Waals surface area contributed by atoms with Crippen LogP contribution in [0.25, 0.3) is 0 Å². The molecule has 0 unspecified atom stereocenters. The molecule has 18 heavy (non-hydrogen) atoms. The van der Waals surface area contributed by atoms with Gasteiger partial charge in [-0.15, -0.1) is 0 Å². The summed E-state index contributed by atoms with van der Waals surface area (Å²) in [5.74, 6) is 0.240. The lowest BCUT2D eigenvalue weighted by Gasteiger charge is -2.36. The molecule has 1 amide bonds. The van der Waals surface area contributed by atoms with Crippen molar-refractivity contribution in [1.82, 2.24) is 15.1 Å². The highest BCUT2D eigenvalue weighted by Gasteiger charge is 2.36. The van der Waals surface area contributed by atoms with Crippen LogP contribution in [0.2, 0.25) is 0 Å². The fourth-order valence-corrected chi connectivity index (χ4v) is 3.01. The topological polar surface area (TPSA) is 35.6 Å². The van der Waals surface area contributed by atoms with Crippen molar-refractivity contribution in [3.8, 4) is 0 Å². The molecular formula is C14H27N3O. The van der Waals surface area contributed by atoms with Crippen LogP contribution in [0.5, 0.6) is 0 Å². The summed E-state index contributed by atoms with van der Waals surface area (Å²) in [6.45, 7) is 1.42. The van der Waals surface area contributed by atoms with Gasteiger partial charge in [0, 0.05) is 25.2 Å². The second-order valence-corrected chi connectivity index (χ2v) is 6.17. The number of rotatable bonds is 6. The summed E-state index contributed by atoms with van der Waals surface area (Å²) in [4.78, 5) is 16.2. The van der Waals surface area contributed by atoms with Crippen molar-refractivity contribution in [2.75, 3.05) is 34.2 Å². The Morgan fingerprint density at radius 2 is 1.83 bits per heavy atom. The Bertz CT molecular complexity index is 293. The number of nitrogens with one attached hydrogen (secondary N) is 1. The lowest BCUT2D eigenvalue weighted by Crippen LogP contribution is -2.51. The zero-order valence-electron chi connectivity index (χ0n) is 12.0. The van der Waals surface area contributed by atoms with E-state index in [2.05, 4.69) is 24.3 Å². The fourth-order valence-electron chi connectivity index (χ4n) is 3.01. The average molecular weight is 253 g/mol. The third-order valence-corrected chi connectivity index (χ3v) is 4.70. The smallest absolute Gasteiger partial charge is 0.236 e. The second-order valence-electron chi connectivity index (χ2n) is 6.17. The van der Waals surface area contributed by atoms with Crippen molar-refractivity contribution < 1.29 is 4.79 Å². The van der Waals surface area contributed by atoms with Gasteiger partial charge < -0.3 is 15.1 Å². The third kappa shape index (κ3) is 3.04. The fraction of sp³-hybridized carbons (Fsp3) is 0.929. The van der Waals surface area contributed by atoms with Crippen LogP contribution >= 0.6 is 0 Å². The molecule has 2 aliphatic carbocycles. The van der Waals surface area contributed by atoms with Crippen molar-refractivity contribution in [2.45, 2.75) is 50.1 Å². The molecule has 4 heteroatoms. The number of amides is 1. The maximum atomic E-state index is 11.9. The van der Waals surface area contributed by atoms with Gasteiger partial charge in [0.1, 0.15) is 0 Å². The SMILES string of the molecule is CN(C(=O)CNCC1(N(C)C)CCCC1)C1CC1. The van der Waals surface area contributed by atoms with Gasteiger partial charge in [-0.1, -0.05) is 12.8 Å². The first-order chi connectivity index (χ1) is 8.55. The number of carbonyl (C=O) groups excluding carboxylic acids is 1. The van der Waals surface area contributed by atoms with Gasteiger partial charge in [-0.05, 0) is 39.8 Å². The van der Waals surface area contributed by atoms with E-state index >= 15 is 0 Å². The van der Waals surface area contributed by atoms with E-state index in [1.807, 2.05) is 11.9 Å². The normalized spacial score (nSPS) is 22.4. The molecule has 104 valence electrons. The molecule has 2 aliphatic rings. The maximum Gasteiger partial charge on any atom is 0.236 e. The molecule has 2 rings (SSSR count). The highest BCUT2D eigenvalue weighted by Crippen LogP contribution is 2.33. The van der Waals surface area contributed by atoms with Gasteiger partial charge in [0.25, 0.3) is 0 Å². The van der Waals surface area contributed by atoms with Gasteiger partial charge in [-0.3, -0.25) is 4.79 Å². The van der Waals surface area contributed by atoms with Gasteiger partial charge >= 0.3 is 0 Å². The van der Waals surface area contributed by atoms with Crippen LogP contribution in [0.4, 0.5) is 0 Å². The van der Waals surface area contributed by atoms with Crippen molar-refractivity contribution >= 4 is 5.91 Å². The molecule has 0 aromatic heterocycles. The van der Waals surface area contributed by atoms with E-state index in [4.69, 9.17) is 0 Å². The van der Waals surface area contributed by atoms with Crippen molar-refractivity contribution in [3.63, 3.8) is 0 Å². The molecule has 2 fully saturated rings. The highest BCUT2D eigenvalue weighted by atomic mass is 16.2. The Labute approximate surface area is 111 Å². The maximum absolute atomic E-state index is 11.9. The first-order valence-corrected chi connectivity index (χ1v) is 7.19. The summed E-state index contributed by atoms with van der Waals surface area (Å²) in [5.41, 5.74) is 0.276. The van der Waals surface area contributed by atoms with Gasteiger partial charge in [-0.25, -0.2) is 0 Å². The Hall–Kier alpha value is -0.610. The van der Waals surface area contributed by atoms with Gasteiger partial charge in [-0.2, -0.15) is 0 Å². The predicted molar refractivity (Wildman–Crippen MR) is 73.5 cm³/mol. The molecule has 0 saturated heterocycles. The van der Waals surface area contributed by atoms with Crippen molar-refractivity contribution in [1.29, 1.82) is 0 Å². The molecule has 0 bridgehead atoms. The van der Waals surface area contributed by atoms with Crippen LogP contribution in [-0.4, -0.2) is 61.5 Å². The monoisotopic (exact) mass is 253 g/mol. The number of nitrogens with zero attached hydrogens (tertiary/aromatic N) is 2. The Kier molecular flexibility index (Phi) is 4.28. The van der Waals surface area contributed by atoms with Crippen molar-refractivity contribution in [2.24, 2.45) is 0 Å². The summed E-state index contributed by atoms with van der Waals surface area (Å²) in [6.07, 6.45) is 7.50. The standard InChI is InChI=1S/C14H27N3O/c1-16(2)14(8-4-5-9-14)11-15-10-13(18)17(3)12-6-7-12/h12,15H,4-11H2,1-3H3. The second kappa shape index (κ2) is 5.57. The van der Waals surface area contributed by atoms with Gasteiger partial charge in [0.2, 0.25) is 5.91 Å². The largest absolute Gasteiger partial charge is 0.342 e. The minimum Gasteiger partial charge on any atom is -0.342 e. The summed E-state index contributed by atoms with van der Waals surface area (Å²) in [6, 6.07) is 0.522. The van der Waals surface area contributed by atoms with E-state index in [-0.39, 0.29) is 11.4 Å². The van der Waals surface area contributed by atoms with Crippen LogP contribution in [0.3, 0.4) is 0 Å². The van der Waals surface area contributed by atoms with Crippen molar-refractivity contribution in [3.05, 3.63) is 0 Å². The van der Waals surface area contributed by atoms with E-state index < -0.39 is 0 Å². The number of hydrogen-bond acceptors (Lipinski definition) is 3. The molecule has 2 saturated carbocycles. The average Bonchev–Trinajstić information content (AvgIpc) is 3.07. The van der Waals surface area contributed by atoms with E-state index in [0.717, 1.165) is 6.54 Å². The summed E-state index contributed by atoms with van der Waals surface area (Å²) in [5, 5.41) is 3.38. The molecule has 0 radical (unpaired) electrons. The first-order valence-electron chi connectivity index (χ1n) is 7.19. The lowest BCUT2D eigenvalue weighted by molar-refractivity contribution is -0.129. The van der Waals surface area contributed by atoms with Crippen LogP contribution in [0.1, 0.15) is 38.5 Å². The molecule has 0 heterocycles. The molecule has 1 N–H and O–H groups in total. The Morgan fingerprint density at radius 3 is 2.33 bits per heavy atom.